The first-order chi connectivity index (χ1) is 14.2. The van der Waals surface area contributed by atoms with Crippen LogP contribution in [0.4, 0.5) is 16.2 Å². The number of hydrogen-bond donors (Lipinski definition) is 1. The minimum Gasteiger partial charge on any atom is -0.455 e. The number of nitrogens with one attached hydrogen (secondary N) is 1. The molecule has 1 aliphatic heterocycles. The molecule has 29 heavy (non-hydrogen) atoms. The van der Waals surface area contributed by atoms with Crippen molar-refractivity contribution in [1.82, 2.24) is 4.90 Å². The predicted octanol–water partition coefficient (Wildman–Crippen LogP) is 5.14. The Morgan fingerprint density at radius 3 is 2.34 bits per heavy atom. The summed E-state index contributed by atoms with van der Waals surface area (Å²) in [6.07, 6.45) is 0. The lowest BCUT2D eigenvalue weighted by Gasteiger charge is -2.36. The molecule has 148 valence electrons. The van der Waals surface area contributed by atoms with Gasteiger partial charge in [-0.05, 0) is 48.9 Å². The summed E-state index contributed by atoms with van der Waals surface area (Å²) < 4.78 is 6.01. The van der Waals surface area contributed by atoms with Crippen LogP contribution >= 0.6 is 0 Å². The summed E-state index contributed by atoms with van der Waals surface area (Å²) in [4.78, 5) is 17.0. The molecule has 3 aromatic rings. The molecule has 0 bridgehead atoms. The Kier molecular flexibility index (Phi) is 5.66. The highest BCUT2D eigenvalue weighted by Crippen LogP contribution is 2.30. The number of hydrogen-bond acceptors (Lipinski definition) is 3. The molecule has 0 atom stereocenters. The van der Waals surface area contributed by atoms with Gasteiger partial charge in [-0.3, -0.25) is 0 Å². The Bertz CT molecular complexity index is 967. The predicted molar refractivity (Wildman–Crippen MR) is 117 cm³/mol. The lowest BCUT2D eigenvalue weighted by molar-refractivity contribution is 0.208. The Morgan fingerprint density at radius 2 is 1.59 bits per heavy atom. The average Bonchev–Trinajstić information content (AvgIpc) is 2.76. The number of benzene rings is 3. The van der Waals surface area contributed by atoms with Crippen LogP contribution < -0.4 is 15.0 Å². The monoisotopic (exact) mass is 387 g/mol. The van der Waals surface area contributed by atoms with E-state index < -0.39 is 0 Å². The van der Waals surface area contributed by atoms with Crippen molar-refractivity contribution in [3.05, 3.63) is 84.4 Å². The van der Waals surface area contributed by atoms with Gasteiger partial charge in [-0.25, -0.2) is 4.79 Å². The third-order valence-corrected chi connectivity index (χ3v) is 5.03. The van der Waals surface area contributed by atoms with Gasteiger partial charge >= 0.3 is 6.03 Å². The Labute approximate surface area is 171 Å². The summed E-state index contributed by atoms with van der Waals surface area (Å²) in [5, 5.41) is 3.01. The molecule has 1 aliphatic rings. The van der Waals surface area contributed by atoms with E-state index in [0.29, 0.717) is 24.5 Å². The fourth-order valence-electron chi connectivity index (χ4n) is 3.47. The number of aryl methyl sites for hydroxylation is 1. The van der Waals surface area contributed by atoms with Crippen LogP contribution in [0.15, 0.2) is 78.9 Å². The molecule has 0 radical (unpaired) electrons. The minimum atomic E-state index is -0.0991. The lowest BCUT2D eigenvalue weighted by Crippen LogP contribution is -2.50. The number of amides is 2. The third-order valence-electron chi connectivity index (χ3n) is 5.03. The van der Waals surface area contributed by atoms with E-state index in [4.69, 9.17) is 4.74 Å². The summed E-state index contributed by atoms with van der Waals surface area (Å²) in [5.41, 5.74) is 2.99. The number of ether oxygens (including phenoxy) is 1. The van der Waals surface area contributed by atoms with Crippen LogP contribution in [-0.2, 0) is 0 Å². The van der Waals surface area contributed by atoms with Crippen LogP contribution in [0.25, 0.3) is 0 Å². The second-order valence-electron chi connectivity index (χ2n) is 7.15. The van der Waals surface area contributed by atoms with Gasteiger partial charge in [0, 0.05) is 31.9 Å². The van der Waals surface area contributed by atoms with Crippen LogP contribution in [0, 0.1) is 6.92 Å². The van der Waals surface area contributed by atoms with E-state index >= 15 is 0 Å². The van der Waals surface area contributed by atoms with Gasteiger partial charge in [0.2, 0.25) is 0 Å². The zero-order chi connectivity index (χ0) is 20.1. The molecule has 0 saturated carbocycles. The second kappa shape index (κ2) is 8.69. The Morgan fingerprint density at radius 1 is 0.862 bits per heavy atom. The van der Waals surface area contributed by atoms with Crippen molar-refractivity contribution in [1.29, 1.82) is 0 Å². The van der Waals surface area contributed by atoms with E-state index in [1.165, 1.54) is 5.69 Å². The second-order valence-corrected chi connectivity index (χ2v) is 7.15. The van der Waals surface area contributed by atoms with Crippen molar-refractivity contribution in [2.24, 2.45) is 0 Å². The number of carbonyl (C=O) groups excluding carboxylic acids is 1. The number of nitrogens with zero attached hydrogens (tertiary/aromatic N) is 2. The van der Waals surface area contributed by atoms with Gasteiger partial charge in [0.1, 0.15) is 5.75 Å². The van der Waals surface area contributed by atoms with Crippen LogP contribution in [0.5, 0.6) is 11.5 Å². The van der Waals surface area contributed by atoms with Gasteiger partial charge in [0.05, 0.1) is 5.69 Å². The first-order valence-corrected chi connectivity index (χ1v) is 9.88. The average molecular weight is 387 g/mol. The Hall–Kier alpha value is -3.47. The van der Waals surface area contributed by atoms with Crippen molar-refractivity contribution >= 4 is 17.4 Å². The molecule has 2 amide bonds. The molecular formula is C24H25N3O2. The molecular weight excluding hydrogens is 362 g/mol. The van der Waals surface area contributed by atoms with Crippen LogP contribution in [0.3, 0.4) is 0 Å². The van der Waals surface area contributed by atoms with Gasteiger partial charge in [0.25, 0.3) is 0 Å². The molecule has 1 N–H and O–H groups in total. The molecule has 5 nitrogen and oxygen atoms in total. The standard InChI is InChI=1S/C24H25N3O2/c1-19-8-7-11-21(18-19)29-23-13-6-5-12-22(23)25-24(28)27-16-14-26(15-17-27)20-9-3-2-4-10-20/h2-13,18H,14-17H2,1H3,(H,25,28). The highest BCUT2D eigenvalue weighted by atomic mass is 16.5. The SMILES string of the molecule is Cc1cccc(Oc2ccccc2NC(=O)N2CCN(c3ccccc3)CC2)c1. The number of rotatable bonds is 4. The van der Waals surface area contributed by atoms with E-state index in [9.17, 15) is 4.79 Å². The number of anilines is 2. The number of para-hydroxylation sites is 3. The molecule has 1 saturated heterocycles. The summed E-state index contributed by atoms with van der Waals surface area (Å²) in [5.74, 6) is 1.39. The number of carbonyl (C=O) groups is 1. The van der Waals surface area contributed by atoms with E-state index in [0.717, 1.165) is 24.4 Å². The van der Waals surface area contributed by atoms with Crippen molar-refractivity contribution in [2.75, 3.05) is 36.4 Å². The maximum atomic E-state index is 12.8. The minimum absolute atomic E-state index is 0.0991. The van der Waals surface area contributed by atoms with Crippen LogP contribution in [0.2, 0.25) is 0 Å². The summed E-state index contributed by atoms with van der Waals surface area (Å²) in [6, 6.07) is 25.6. The molecule has 0 unspecified atom stereocenters. The quantitative estimate of drug-likeness (QED) is 0.674. The van der Waals surface area contributed by atoms with Gasteiger partial charge in [-0.15, -0.1) is 0 Å². The molecule has 4 rings (SSSR count). The fraction of sp³-hybridized carbons (Fsp3) is 0.208. The highest BCUT2D eigenvalue weighted by Gasteiger charge is 2.22. The number of urea groups is 1. The van der Waals surface area contributed by atoms with Crippen LogP contribution in [-0.4, -0.2) is 37.1 Å². The van der Waals surface area contributed by atoms with Gasteiger partial charge in [-0.1, -0.05) is 42.5 Å². The van der Waals surface area contributed by atoms with E-state index in [2.05, 4.69) is 22.3 Å². The lowest BCUT2D eigenvalue weighted by atomic mass is 10.2. The highest BCUT2D eigenvalue weighted by molar-refractivity contribution is 5.91. The topological polar surface area (TPSA) is 44.8 Å². The molecule has 0 aliphatic carbocycles. The molecule has 3 aromatic carbocycles. The summed E-state index contributed by atoms with van der Waals surface area (Å²) in [7, 11) is 0. The van der Waals surface area contributed by atoms with Gasteiger partial charge in [-0.2, -0.15) is 0 Å². The fourth-order valence-corrected chi connectivity index (χ4v) is 3.47. The van der Waals surface area contributed by atoms with E-state index in [-0.39, 0.29) is 6.03 Å². The summed E-state index contributed by atoms with van der Waals surface area (Å²) >= 11 is 0. The van der Waals surface area contributed by atoms with Crippen molar-refractivity contribution in [3.63, 3.8) is 0 Å². The Balaban J connectivity index is 1.39. The van der Waals surface area contributed by atoms with E-state index in [1.807, 2.05) is 78.6 Å². The third kappa shape index (κ3) is 4.69. The molecule has 1 heterocycles. The normalized spacial score (nSPS) is 13.8. The van der Waals surface area contributed by atoms with E-state index in [1.54, 1.807) is 0 Å². The zero-order valence-corrected chi connectivity index (χ0v) is 16.5. The van der Waals surface area contributed by atoms with Crippen LogP contribution in [0.1, 0.15) is 5.56 Å². The summed E-state index contributed by atoms with van der Waals surface area (Å²) in [6.45, 7) is 5.02. The first-order valence-electron chi connectivity index (χ1n) is 9.88. The molecule has 0 spiro atoms. The maximum absolute atomic E-state index is 12.8. The van der Waals surface area contributed by atoms with Crippen molar-refractivity contribution in [2.45, 2.75) is 6.92 Å². The van der Waals surface area contributed by atoms with Crippen molar-refractivity contribution < 1.29 is 9.53 Å². The van der Waals surface area contributed by atoms with Gasteiger partial charge in [0.15, 0.2) is 5.75 Å². The van der Waals surface area contributed by atoms with Gasteiger partial charge < -0.3 is 19.9 Å². The first kappa shape index (κ1) is 18.9. The maximum Gasteiger partial charge on any atom is 0.322 e. The zero-order valence-electron chi connectivity index (χ0n) is 16.5. The largest absolute Gasteiger partial charge is 0.455 e. The molecule has 0 aromatic heterocycles. The number of piperazine rings is 1. The van der Waals surface area contributed by atoms with Crippen molar-refractivity contribution in [3.8, 4) is 11.5 Å². The molecule has 5 heteroatoms. The smallest absolute Gasteiger partial charge is 0.322 e. The molecule has 1 fully saturated rings.